The second kappa shape index (κ2) is 12.0. The first-order valence-corrected chi connectivity index (χ1v) is 13.8. The standard InChI is InChI=1S/C28H27BrN2O7S/c1-5-36-20-12-17(11-19(29)25(20)38-14-22(32)33)13-21-26(34)31-24(18-9-7-15(3)8-10-18)23(27(35)37-6-2)16(4)30-28(31)39-21/h7-13,24H,5-6,14H2,1-4H3,(H,32,33)/b21-13+/t24-/m1/s1. The number of allylic oxidation sites excluding steroid dienone is 1. The van der Waals surface area contributed by atoms with Crippen LogP contribution >= 0.6 is 27.3 Å². The van der Waals surface area contributed by atoms with Gasteiger partial charge in [-0.3, -0.25) is 9.36 Å². The number of fused-ring (bicyclic) bond motifs is 1. The van der Waals surface area contributed by atoms with Crippen molar-refractivity contribution in [3.63, 3.8) is 0 Å². The third-order valence-electron chi connectivity index (χ3n) is 5.88. The van der Waals surface area contributed by atoms with Gasteiger partial charge in [-0.05, 0) is 73.0 Å². The number of nitrogens with zero attached hydrogens (tertiary/aromatic N) is 2. The minimum Gasteiger partial charge on any atom is -0.490 e. The van der Waals surface area contributed by atoms with E-state index < -0.39 is 24.6 Å². The molecule has 9 nitrogen and oxygen atoms in total. The maximum Gasteiger partial charge on any atom is 0.341 e. The second-order valence-corrected chi connectivity index (χ2v) is 10.5. The van der Waals surface area contributed by atoms with E-state index in [2.05, 4.69) is 20.9 Å². The lowest BCUT2D eigenvalue weighted by Crippen LogP contribution is -2.39. The number of aromatic nitrogens is 1. The van der Waals surface area contributed by atoms with E-state index in [1.54, 1.807) is 39.0 Å². The SMILES string of the molecule is CCOC(=O)C1=C(C)N=c2s/c(=C/c3cc(Br)c(OCC(=O)O)c(OCC)c3)c(=O)n2[C@@H]1c1ccc(C)cc1. The van der Waals surface area contributed by atoms with Crippen molar-refractivity contribution < 1.29 is 28.9 Å². The highest BCUT2D eigenvalue weighted by atomic mass is 79.9. The fraction of sp³-hybridized carbons (Fsp3) is 0.286. The number of carbonyl (C=O) groups excluding carboxylic acids is 1. The lowest BCUT2D eigenvalue weighted by atomic mass is 9.95. The van der Waals surface area contributed by atoms with Gasteiger partial charge in [0.15, 0.2) is 22.9 Å². The molecule has 0 bridgehead atoms. The molecule has 0 fully saturated rings. The van der Waals surface area contributed by atoms with Crippen molar-refractivity contribution >= 4 is 45.3 Å². The maximum atomic E-state index is 13.8. The molecular formula is C28H27BrN2O7S. The zero-order valence-electron chi connectivity index (χ0n) is 21.8. The third-order valence-corrected chi connectivity index (χ3v) is 7.45. The van der Waals surface area contributed by atoms with Gasteiger partial charge in [-0.1, -0.05) is 41.2 Å². The van der Waals surface area contributed by atoms with Gasteiger partial charge in [0.2, 0.25) is 0 Å². The molecule has 2 aromatic carbocycles. The number of carboxylic acid groups (broad SMARTS) is 1. The molecule has 2 heterocycles. The molecule has 1 N–H and O–H groups in total. The van der Waals surface area contributed by atoms with Crippen LogP contribution in [0.15, 0.2) is 61.9 Å². The quantitative estimate of drug-likeness (QED) is 0.365. The topological polar surface area (TPSA) is 116 Å². The Balaban J connectivity index is 1.88. The van der Waals surface area contributed by atoms with Gasteiger partial charge in [-0.2, -0.15) is 0 Å². The number of hydrogen-bond acceptors (Lipinski definition) is 8. The van der Waals surface area contributed by atoms with Crippen molar-refractivity contribution in [1.29, 1.82) is 0 Å². The Hall–Kier alpha value is -3.70. The van der Waals surface area contributed by atoms with Crippen LogP contribution in [0.2, 0.25) is 0 Å². The molecule has 0 saturated heterocycles. The average Bonchev–Trinajstić information content (AvgIpc) is 3.17. The Bertz CT molecular complexity index is 1640. The number of carboxylic acids is 1. The molecule has 3 aromatic rings. The van der Waals surface area contributed by atoms with Crippen molar-refractivity contribution in [2.24, 2.45) is 4.99 Å². The van der Waals surface area contributed by atoms with Gasteiger partial charge < -0.3 is 19.3 Å². The summed E-state index contributed by atoms with van der Waals surface area (Å²) < 4.78 is 18.8. The number of esters is 1. The summed E-state index contributed by atoms with van der Waals surface area (Å²) in [4.78, 5) is 42.9. The fourth-order valence-electron chi connectivity index (χ4n) is 4.22. The number of benzene rings is 2. The zero-order chi connectivity index (χ0) is 28.3. The van der Waals surface area contributed by atoms with Gasteiger partial charge in [-0.15, -0.1) is 0 Å². The van der Waals surface area contributed by atoms with E-state index in [1.165, 1.54) is 15.9 Å². The van der Waals surface area contributed by atoms with E-state index in [0.717, 1.165) is 11.1 Å². The van der Waals surface area contributed by atoms with Crippen LogP contribution < -0.4 is 24.4 Å². The van der Waals surface area contributed by atoms with Crippen molar-refractivity contribution in [2.45, 2.75) is 33.7 Å². The van der Waals surface area contributed by atoms with E-state index in [1.807, 2.05) is 31.2 Å². The van der Waals surface area contributed by atoms with Crippen LogP contribution in [0.5, 0.6) is 11.5 Å². The molecule has 0 radical (unpaired) electrons. The summed E-state index contributed by atoms with van der Waals surface area (Å²) in [7, 11) is 0. The number of carbonyl (C=O) groups is 2. The Labute approximate surface area is 236 Å². The largest absolute Gasteiger partial charge is 0.490 e. The zero-order valence-corrected chi connectivity index (χ0v) is 24.2. The maximum absolute atomic E-state index is 13.8. The lowest BCUT2D eigenvalue weighted by Gasteiger charge is -2.24. The monoisotopic (exact) mass is 614 g/mol. The van der Waals surface area contributed by atoms with Crippen molar-refractivity contribution in [3.05, 3.63) is 88.5 Å². The Kier molecular flexibility index (Phi) is 8.71. The molecule has 1 atom stereocenters. The fourth-order valence-corrected chi connectivity index (χ4v) is 5.84. The van der Waals surface area contributed by atoms with Crippen LogP contribution in [0, 0.1) is 6.92 Å². The number of hydrogen-bond donors (Lipinski definition) is 1. The van der Waals surface area contributed by atoms with E-state index >= 15 is 0 Å². The van der Waals surface area contributed by atoms with Gasteiger partial charge >= 0.3 is 11.9 Å². The summed E-state index contributed by atoms with van der Waals surface area (Å²) in [5, 5.41) is 9.00. The first-order valence-electron chi connectivity index (χ1n) is 12.2. The van der Waals surface area contributed by atoms with Crippen LogP contribution in [0.3, 0.4) is 0 Å². The number of aryl methyl sites for hydroxylation is 1. The molecule has 39 heavy (non-hydrogen) atoms. The molecule has 0 aliphatic carbocycles. The average molecular weight is 616 g/mol. The number of halogens is 1. The lowest BCUT2D eigenvalue weighted by molar-refractivity contribution is -0.140. The molecule has 0 saturated carbocycles. The van der Waals surface area contributed by atoms with Crippen molar-refractivity contribution in [2.75, 3.05) is 19.8 Å². The summed E-state index contributed by atoms with van der Waals surface area (Å²) in [6.07, 6.45) is 1.70. The first kappa shape index (κ1) is 28.3. The molecule has 0 spiro atoms. The van der Waals surface area contributed by atoms with Crippen LogP contribution in [0.4, 0.5) is 0 Å². The molecule has 0 unspecified atom stereocenters. The number of thiazole rings is 1. The van der Waals surface area contributed by atoms with Crippen molar-refractivity contribution in [3.8, 4) is 11.5 Å². The first-order chi connectivity index (χ1) is 18.6. The van der Waals surface area contributed by atoms with E-state index in [-0.39, 0.29) is 17.9 Å². The van der Waals surface area contributed by atoms with E-state index in [0.29, 0.717) is 43.0 Å². The van der Waals surface area contributed by atoms with Gasteiger partial charge in [0, 0.05) is 0 Å². The smallest absolute Gasteiger partial charge is 0.341 e. The number of ether oxygens (including phenoxy) is 3. The minimum atomic E-state index is -1.12. The Morgan fingerprint density at radius 1 is 1.13 bits per heavy atom. The Morgan fingerprint density at radius 2 is 1.85 bits per heavy atom. The molecule has 1 aliphatic heterocycles. The minimum absolute atomic E-state index is 0.198. The summed E-state index contributed by atoms with van der Waals surface area (Å²) in [6, 6.07) is 10.4. The third kappa shape index (κ3) is 5.99. The van der Waals surface area contributed by atoms with Gasteiger partial charge in [0.25, 0.3) is 5.56 Å². The van der Waals surface area contributed by atoms with Gasteiger partial charge in [0.05, 0.1) is 39.5 Å². The summed E-state index contributed by atoms with van der Waals surface area (Å²) >= 11 is 4.63. The van der Waals surface area contributed by atoms with E-state index in [4.69, 9.17) is 19.3 Å². The van der Waals surface area contributed by atoms with Gasteiger partial charge in [-0.25, -0.2) is 14.6 Å². The Morgan fingerprint density at radius 3 is 2.49 bits per heavy atom. The van der Waals surface area contributed by atoms with E-state index in [9.17, 15) is 14.4 Å². The highest BCUT2D eigenvalue weighted by Crippen LogP contribution is 2.37. The molecule has 11 heteroatoms. The summed E-state index contributed by atoms with van der Waals surface area (Å²) in [5.74, 6) is -1.03. The molecule has 204 valence electrons. The normalized spacial score (nSPS) is 15.0. The second-order valence-electron chi connectivity index (χ2n) is 8.66. The number of aliphatic carboxylic acids is 1. The molecular weight excluding hydrogens is 588 g/mol. The molecule has 0 amide bonds. The molecule has 1 aliphatic rings. The van der Waals surface area contributed by atoms with Crippen molar-refractivity contribution in [1.82, 2.24) is 4.57 Å². The van der Waals surface area contributed by atoms with Crippen LogP contribution in [-0.4, -0.2) is 41.4 Å². The number of rotatable bonds is 9. The summed E-state index contributed by atoms with van der Waals surface area (Å²) in [6.45, 7) is 7.24. The molecule has 4 rings (SSSR count). The highest BCUT2D eigenvalue weighted by molar-refractivity contribution is 9.10. The summed E-state index contributed by atoms with van der Waals surface area (Å²) in [5.41, 5.74) is 2.96. The van der Waals surface area contributed by atoms with Crippen LogP contribution in [0.1, 0.15) is 43.5 Å². The van der Waals surface area contributed by atoms with Gasteiger partial charge in [0.1, 0.15) is 0 Å². The van der Waals surface area contributed by atoms with Crippen LogP contribution in [-0.2, 0) is 14.3 Å². The predicted octanol–water partition coefficient (Wildman–Crippen LogP) is 3.73. The predicted molar refractivity (Wildman–Crippen MR) is 150 cm³/mol. The highest BCUT2D eigenvalue weighted by Gasteiger charge is 2.33. The molecule has 1 aromatic heterocycles. The van der Waals surface area contributed by atoms with Crippen LogP contribution in [0.25, 0.3) is 6.08 Å².